The minimum atomic E-state index is 0.778. The SMILES string of the molecule is C1=CC2CCCC2=CC=C1C1CCCC1. The molecule has 0 bridgehead atoms. The lowest BCUT2D eigenvalue weighted by atomic mass is 9.96. The maximum atomic E-state index is 2.47. The Kier molecular flexibility index (Phi) is 2.52. The van der Waals surface area contributed by atoms with Gasteiger partial charge in [-0.1, -0.05) is 42.7 Å². The highest BCUT2D eigenvalue weighted by Gasteiger charge is 2.22. The van der Waals surface area contributed by atoms with E-state index < -0.39 is 0 Å². The first kappa shape index (κ1) is 9.45. The molecule has 80 valence electrons. The van der Waals surface area contributed by atoms with Crippen LogP contribution in [0.3, 0.4) is 0 Å². The summed E-state index contributed by atoms with van der Waals surface area (Å²) in [6.07, 6.45) is 19.6. The van der Waals surface area contributed by atoms with Gasteiger partial charge in [0.2, 0.25) is 0 Å². The van der Waals surface area contributed by atoms with Gasteiger partial charge in [-0.3, -0.25) is 0 Å². The van der Waals surface area contributed by atoms with Gasteiger partial charge < -0.3 is 0 Å². The molecule has 0 aliphatic heterocycles. The predicted molar refractivity (Wildman–Crippen MR) is 64.6 cm³/mol. The second-order valence-corrected chi connectivity index (χ2v) is 5.25. The van der Waals surface area contributed by atoms with E-state index in [-0.39, 0.29) is 0 Å². The normalized spacial score (nSPS) is 31.1. The zero-order valence-electron chi connectivity index (χ0n) is 9.41. The van der Waals surface area contributed by atoms with Gasteiger partial charge in [-0.15, -0.1) is 0 Å². The molecule has 1 atom stereocenters. The fourth-order valence-corrected chi connectivity index (χ4v) is 3.34. The predicted octanol–water partition coefficient (Wildman–Crippen LogP) is 4.40. The molecular formula is C15H20. The van der Waals surface area contributed by atoms with Crippen molar-refractivity contribution in [2.24, 2.45) is 11.8 Å². The van der Waals surface area contributed by atoms with Crippen LogP contribution < -0.4 is 0 Å². The summed E-state index contributed by atoms with van der Waals surface area (Å²) >= 11 is 0. The maximum absolute atomic E-state index is 2.47. The van der Waals surface area contributed by atoms with E-state index in [1.807, 2.05) is 0 Å². The first-order chi connectivity index (χ1) is 7.43. The molecule has 0 aromatic rings. The molecule has 3 aliphatic carbocycles. The minimum Gasteiger partial charge on any atom is -0.0771 e. The third-order valence-corrected chi connectivity index (χ3v) is 4.29. The van der Waals surface area contributed by atoms with Crippen LogP contribution in [0.2, 0.25) is 0 Å². The molecule has 1 unspecified atom stereocenters. The Bertz CT molecular complexity index is 324. The summed E-state index contributed by atoms with van der Waals surface area (Å²) in [6, 6.07) is 0. The van der Waals surface area contributed by atoms with Gasteiger partial charge in [0.25, 0.3) is 0 Å². The summed E-state index contributed by atoms with van der Waals surface area (Å²) in [5.41, 5.74) is 3.29. The molecule has 0 amide bonds. The van der Waals surface area contributed by atoms with Gasteiger partial charge in [-0.05, 0) is 49.5 Å². The van der Waals surface area contributed by atoms with Crippen LogP contribution in [-0.2, 0) is 0 Å². The Morgan fingerprint density at radius 1 is 0.933 bits per heavy atom. The lowest BCUT2D eigenvalue weighted by Crippen LogP contribution is -1.95. The van der Waals surface area contributed by atoms with Crippen LogP contribution in [-0.4, -0.2) is 0 Å². The third kappa shape index (κ3) is 1.82. The van der Waals surface area contributed by atoms with Crippen molar-refractivity contribution in [2.75, 3.05) is 0 Å². The zero-order chi connectivity index (χ0) is 10.1. The maximum Gasteiger partial charge on any atom is -0.00168 e. The van der Waals surface area contributed by atoms with Crippen LogP contribution in [0.15, 0.2) is 35.5 Å². The van der Waals surface area contributed by atoms with Crippen LogP contribution in [0, 0.1) is 11.8 Å². The molecule has 0 heterocycles. The van der Waals surface area contributed by atoms with E-state index in [2.05, 4.69) is 24.3 Å². The Balaban J connectivity index is 1.82. The number of allylic oxidation sites excluding steroid dienone is 6. The van der Waals surface area contributed by atoms with E-state index in [0.717, 1.165) is 11.8 Å². The summed E-state index contributed by atoms with van der Waals surface area (Å²) in [5, 5.41) is 0. The third-order valence-electron chi connectivity index (χ3n) is 4.29. The van der Waals surface area contributed by atoms with Crippen LogP contribution in [0.25, 0.3) is 0 Å². The minimum absolute atomic E-state index is 0.778. The van der Waals surface area contributed by atoms with Gasteiger partial charge in [-0.25, -0.2) is 0 Å². The molecule has 15 heavy (non-hydrogen) atoms. The van der Waals surface area contributed by atoms with Crippen molar-refractivity contribution in [3.8, 4) is 0 Å². The van der Waals surface area contributed by atoms with Crippen LogP contribution >= 0.6 is 0 Å². The fraction of sp³-hybridized carbons (Fsp3) is 0.600. The van der Waals surface area contributed by atoms with E-state index >= 15 is 0 Å². The lowest BCUT2D eigenvalue weighted by Gasteiger charge is -2.09. The smallest absolute Gasteiger partial charge is 0.00168 e. The molecule has 0 nitrogen and oxygen atoms in total. The molecular weight excluding hydrogens is 180 g/mol. The van der Waals surface area contributed by atoms with Crippen molar-refractivity contribution < 1.29 is 0 Å². The van der Waals surface area contributed by atoms with E-state index in [4.69, 9.17) is 0 Å². The molecule has 2 fully saturated rings. The molecule has 0 radical (unpaired) electrons. The van der Waals surface area contributed by atoms with E-state index in [1.165, 1.54) is 44.9 Å². The molecule has 0 heteroatoms. The van der Waals surface area contributed by atoms with Gasteiger partial charge in [0.05, 0.1) is 0 Å². The van der Waals surface area contributed by atoms with Gasteiger partial charge in [0.1, 0.15) is 0 Å². The second-order valence-electron chi connectivity index (χ2n) is 5.25. The average molecular weight is 200 g/mol. The van der Waals surface area contributed by atoms with Gasteiger partial charge in [-0.2, -0.15) is 0 Å². The Morgan fingerprint density at radius 3 is 2.67 bits per heavy atom. The molecule has 3 aliphatic rings. The van der Waals surface area contributed by atoms with Gasteiger partial charge >= 0.3 is 0 Å². The zero-order valence-corrected chi connectivity index (χ0v) is 9.41. The van der Waals surface area contributed by atoms with Crippen LogP contribution in [0.4, 0.5) is 0 Å². The highest BCUT2D eigenvalue weighted by Crippen LogP contribution is 2.37. The van der Waals surface area contributed by atoms with Crippen molar-refractivity contribution in [3.63, 3.8) is 0 Å². The monoisotopic (exact) mass is 200 g/mol. The molecule has 0 aromatic carbocycles. The van der Waals surface area contributed by atoms with Crippen molar-refractivity contribution in [1.29, 1.82) is 0 Å². The van der Waals surface area contributed by atoms with Crippen molar-refractivity contribution in [3.05, 3.63) is 35.5 Å². The summed E-state index contributed by atoms with van der Waals surface area (Å²) in [6.45, 7) is 0. The Labute approximate surface area is 92.8 Å². The highest BCUT2D eigenvalue weighted by molar-refractivity contribution is 5.35. The fourth-order valence-electron chi connectivity index (χ4n) is 3.34. The first-order valence-corrected chi connectivity index (χ1v) is 6.52. The average Bonchev–Trinajstić information content (AvgIpc) is 2.88. The molecule has 0 N–H and O–H groups in total. The second kappa shape index (κ2) is 4.00. The quantitative estimate of drug-likeness (QED) is 0.588. The van der Waals surface area contributed by atoms with Crippen molar-refractivity contribution in [2.45, 2.75) is 44.9 Å². The van der Waals surface area contributed by atoms with Gasteiger partial charge in [0, 0.05) is 0 Å². The largest absolute Gasteiger partial charge is 0.0771 e. The highest BCUT2D eigenvalue weighted by atomic mass is 14.3. The number of hydrogen-bond acceptors (Lipinski definition) is 0. The molecule has 0 saturated heterocycles. The summed E-state index contributed by atoms with van der Waals surface area (Å²) < 4.78 is 0. The van der Waals surface area contributed by atoms with Crippen LogP contribution in [0.1, 0.15) is 44.9 Å². The standard InChI is InChI=1S/C15H20/c1-2-5-12(4-1)15-10-8-13-6-3-7-14(13)9-11-15/h8-13H,1-7H2. The Hall–Kier alpha value is -0.780. The molecule has 0 aromatic heterocycles. The topological polar surface area (TPSA) is 0 Å². The molecule has 0 spiro atoms. The van der Waals surface area contributed by atoms with Crippen LogP contribution in [0.5, 0.6) is 0 Å². The number of fused-ring (bicyclic) bond motifs is 1. The molecule has 2 saturated carbocycles. The van der Waals surface area contributed by atoms with Crippen molar-refractivity contribution >= 4 is 0 Å². The summed E-state index contributed by atoms with van der Waals surface area (Å²) in [5.74, 6) is 1.65. The summed E-state index contributed by atoms with van der Waals surface area (Å²) in [4.78, 5) is 0. The van der Waals surface area contributed by atoms with Gasteiger partial charge in [0.15, 0.2) is 0 Å². The number of rotatable bonds is 1. The van der Waals surface area contributed by atoms with Crippen molar-refractivity contribution in [1.82, 2.24) is 0 Å². The van der Waals surface area contributed by atoms with E-state index in [9.17, 15) is 0 Å². The number of hydrogen-bond donors (Lipinski definition) is 0. The Morgan fingerprint density at radius 2 is 1.80 bits per heavy atom. The lowest BCUT2D eigenvalue weighted by molar-refractivity contribution is 0.656. The first-order valence-electron chi connectivity index (χ1n) is 6.52. The van der Waals surface area contributed by atoms with E-state index in [1.54, 1.807) is 11.1 Å². The molecule has 3 rings (SSSR count). The van der Waals surface area contributed by atoms with E-state index in [0.29, 0.717) is 0 Å². The summed E-state index contributed by atoms with van der Waals surface area (Å²) in [7, 11) is 0.